The van der Waals surface area contributed by atoms with Crippen LogP contribution in [0.3, 0.4) is 0 Å². The molecule has 0 aliphatic heterocycles. The highest BCUT2D eigenvalue weighted by Crippen LogP contribution is 2.25. The number of thiophene rings is 1. The zero-order valence-corrected chi connectivity index (χ0v) is 9.04. The third-order valence-electron chi connectivity index (χ3n) is 1.56. The van der Waals surface area contributed by atoms with Gasteiger partial charge in [-0.3, -0.25) is 9.59 Å². The number of anilines is 1. The Morgan fingerprint density at radius 3 is 2.71 bits per heavy atom. The molecule has 3 N–H and O–H groups in total. The van der Waals surface area contributed by atoms with Crippen LogP contribution in [0.2, 0.25) is 0 Å². The first kappa shape index (κ1) is 11.0. The Morgan fingerprint density at radius 1 is 1.64 bits per heavy atom. The van der Waals surface area contributed by atoms with E-state index in [2.05, 4.69) is 5.32 Å². The lowest BCUT2D eigenvalue weighted by Gasteiger charge is -1.99. The van der Waals surface area contributed by atoms with Crippen LogP contribution < -0.4 is 11.1 Å². The Hall–Kier alpha value is -1.07. The second kappa shape index (κ2) is 4.43. The molecule has 0 aliphatic rings. The molecule has 4 nitrogen and oxygen atoms in total. The maximum absolute atomic E-state index is 11.0. The molecule has 14 heavy (non-hydrogen) atoms. The third-order valence-corrected chi connectivity index (χ3v) is 2.86. The topological polar surface area (TPSA) is 72.2 Å². The molecule has 76 valence electrons. The van der Waals surface area contributed by atoms with Crippen LogP contribution in [0.15, 0.2) is 6.07 Å². The van der Waals surface area contributed by atoms with E-state index < -0.39 is 5.91 Å². The van der Waals surface area contributed by atoms with Crippen LogP contribution in [0.1, 0.15) is 14.5 Å². The summed E-state index contributed by atoms with van der Waals surface area (Å²) in [7, 11) is 0. The van der Waals surface area contributed by atoms with Crippen LogP contribution in [0.25, 0.3) is 0 Å². The number of nitrogens with two attached hydrogens (primary N) is 1. The molecule has 0 saturated heterocycles. The number of nitrogens with one attached hydrogen (secondary N) is 1. The fourth-order valence-electron chi connectivity index (χ4n) is 0.911. The third kappa shape index (κ3) is 2.46. The molecular formula is C8H9ClN2O2S. The van der Waals surface area contributed by atoms with E-state index in [1.165, 1.54) is 11.3 Å². The van der Waals surface area contributed by atoms with Crippen molar-refractivity contribution >= 4 is 40.4 Å². The van der Waals surface area contributed by atoms with Gasteiger partial charge in [0, 0.05) is 4.88 Å². The van der Waals surface area contributed by atoms with Gasteiger partial charge in [0.2, 0.25) is 5.91 Å². The van der Waals surface area contributed by atoms with Gasteiger partial charge in [-0.25, -0.2) is 0 Å². The Labute approximate surface area is 90.0 Å². The second-order valence-electron chi connectivity index (χ2n) is 2.63. The average molecular weight is 233 g/mol. The number of aryl methyl sites for hydroxylation is 1. The molecule has 0 spiro atoms. The highest BCUT2D eigenvalue weighted by molar-refractivity contribution is 7.14. The van der Waals surface area contributed by atoms with Gasteiger partial charge in [0.15, 0.2) is 0 Å². The van der Waals surface area contributed by atoms with Crippen molar-refractivity contribution in [2.45, 2.75) is 6.92 Å². The van der Waals surface area contributed by atoms with Crippen LogP contribution in [0, 0.1) is 6.92 Å². The van der Waals surface area contributed by atoms with Gasteiger partial charge in [0.25, 0.3) is 5.91 Å². The lowest BCUT2D eigenvalue weighted by atomic mass is 10.3. The highest BCUT2D eigenvalue weighted by atomic mass is 35.5. The van der Waals surface area contributed by atoms with Crippen LogP contribution >= 0.6 is 22.9 Å². The van der Waals surface area contributed by atoms with E-state index in [1.54, 1.807) is 13.0 Å². The summed E-state index contributed by atoms with van der Waals surface area (Å²) in [6, 6.07) is 1.55. The lowest BCUT2D eigenvalue weighted by Crippen LogP contribution is -2.13. The molecular weight excluding hydrogens is 224 g/mol. The summed E-state index contributed by atoms with van der Waals surface area (Å²) in [6.07, 6.45) is 0. The fraction of sp³-hybridized carbons (Fsp3) is 0.250. The van der Waals surface area contributed by atoms with Crippen LogP contribution in [0.5, 0.6) is 0 Å². The first-order valence-corrected chi connectivity index (χ1v) is 5.15. The number of hydrogen-bond acceptors (Lipinski definition) is 3. The van der Waals surface area contributed by atoms with Gasteiger partial charge in [0.05, 0.1) is 10.6 Å². The van der Waals surface area contributed by atoms with Gasteiger partial charge in [-0.2, -0.15) is 0 Å². The first-order valence-electron chi connectivity index (χ1n) is 3.80. The van der Waals surface area contributed by atoms with Gasteiger partial charge in [-0.05, 0) is 13.0 Å². The molecule has 0 fully saturated rings. The smallest absolute Gasteiger partial charge is 0.258 e. The van der Waals surface area contributed by atoms with E-state index in [4.69, 9.17) is 17.3 Å². The number of carbonyl (C=O) groups excluding carboxylic acids is 2. The summed E-state index contributed by atoms with van der Waals surface area (Å²) in [5.41, 5.74) is 5.68. The summed E-state index contributed by atoms with van der Waals surface area (Å²) < 4.78 is 0. The molecule has 6 heteroatoms. The molecule has 1 aromatic heterocycles. The standard InChI is InChI=1S/C8H9ClN2O2S/c1-4-5(11-7(12)3-9)2-6(14-4)8(10)13/h2H,3H2,1H3,(H2,10,13)(H,11,12). The van der Waals surface area contributed by atoms with Crippen molar-refractivity contribution in [1.82, 2.24) is 0 Å². The minimum Gasteiger partial charge on any atom is -0.365 e. The second-order valence-corrected chi connectivity index (χ2v) is 4.15. The normalized spacial score (nSPS) is 9.86. The number of hydrogen-bond donors (Lipinski definition) is 2. The molecule has 2 amide bonds. The van der Waals surface area contributed by atoms with Gasteiger partial charge in [0.1, 0.15) is 5.88 Å². The minimum absolute atomic E-state index is 0.110. The number of halogens is 1. The lowest BCUT2D eigenvalue weighted by molar-refractivity contribution is -0.113. The van der Waals surface area contributed by atoms with E-state index in [1.807, 2.05) is 0 Å². The summed E-state index contributed by atoms with van der Waals surface area (Å²) in [6.45, 7) is 1.79. The van der Waals surface area contributed by atoms with Gasteiger partial charge >= 0.3 is 0 Å². The number of amides is 2. The van der Waals surface area contributed by atoms with E-state index >= 15 is 0 Å². The molecule has 1 aromatic rings. The van der Waals surface area contributed by atoms with Gasteiger partial charge in [-0.15, -0.1) is 22.9 Å². The summed E-state index contributed by atoms with van der Waals surface area (Å²) in [4.78, 5) is 23.0. The predicted molar refractivity (Wildman–Crippen MR) is 56.9 cm³/mol. The number of primary amides is 1. The van der Waals surface area contributed by atoms with Crippen LogP contribution in [-0.2, 0) is 4.79 Å². The van der Waals surface area contributed by atoms with Gasteiger partial charge < -0.3 is 11.1 Å². The maximum Gasteiger partial charge on any atom is 0.258 e. The number of carbonyl (C=O) groups is 2. The molecule has 1 rings (SSSR count). The number of rotatable bonds is 3. The average Bonchev–Trinajstić information content (AvgIpc) is 2.48. The van der Waals surface area contributed by atoms with Gasteiger partial charge in [-0.1, -0.05) is 0 Å². The first-order chi connectivity index (χ1) is 6.54. The van der Waals surface area contributed by atoms with Crippen molar-refractivity contribution in [2.75, 3.05) is 11.2 Å². The zero-order valence-electron chi connectivity index (χ0n) is 7.46. The molecule has 0 radical (unpaired) electrons. The Balaban J connectivity index is 2.88. The van der Waals surface area contributed by atoms with Crippen LogP contribution in [-0.4, -0.2) is 17.7 Å². The molecule has 0 saturated carbocycles. The van der Waals surface area contributed by atoms with Crippen molar-refractivity contribution in [3.8, 4) is 0 Å². The van der Waals surface area contributed by atoms with Crippen molar-refractivity contribution in [3.63, 3.8) is 0 Å². The molecule has 0 aromatic carbocycles. The summed E-state index contributed by atoms with van der Waals surface area (Å²) in [5, 5.41) is 2.57. The quantitative estimate of drug-likeness (QED) is 0.772. The van der Waals surface area contributed by atoms with Crippen molar-refractivity contribution in [3.05, 3.63) is 15.8 Å². The minimum atomic E-state index is -0.496. The molecule has 0 atom stereocenters. The SMILES string of the molecule is Cc1sc(C(N)=O)cc1NC(=O)CCl. The number of alkyl halides is 1. The van der Waals surface area contributed by atoms with Crippen LogP contribution in [0.4, 0.5) is 5.69 Å². The molecule has 0 bridgehead atoms. The Bertz CT molecular complexity index is 375. The highest BCUT2D eigenvalue weighted by Gasteiger charge is 2.10. The predicted octanol–water partition coefficient (Wildman–Crippen LogP) is 1.33. The zero-order chi connectivity index (χ0) is 10.7. The largest absolute Gasteiger partial charge is 0.365 e. The van der Waals surface area contributed by atoms with E-state index in [9.17, 15) is 9.59 Å². The van der Waals surface area contributed by atoms with Crippen molar-refractivity contribution < 1.29 is 9.59 Å². The van der Waals surface area contributed by atoms with E-state index in [0.29, 0.717) is 10.6 Å². The van der Waals surface area contributed by atoms with E-state index in [0.717, 1.165) is 4.88 Å². The van der Waals surface area contributed by atoms with Crippen molar-refractivity contribution in [2.24, 2.45) is 5.73 Å². The maximum atomic E-state index is 11.0. The van der Waals surface area contributed by atoms with E-state index in [-0.39, 0.29) is 11.8 Å². The monoisotopic (exact) mass is 232 g/mol. The fourth-order valence-corrected chi connectivity index (χ4v) is 1.81. The Kier molecular flexibility index (Phi) is 3.49. The Morgan fingerprint density at radius 2 is 2.29 bits per heavy atom. The van der Waals surface area contributed by atoms with Crippen molar-refractivity contribution in [1.29, 1.82) is 0 Å². The molecule has 0 unspecified atom stereocenters. The summed E-state index contributed by atoms with van der Waals surface area (Å²) >= 11 is 6.57. The molecule has 1 heterocycles. The summed E-state index contributed by atoms with van der Waals surface area (Å²) in [5.74, 6) is -0.908. The molecule has 0 aliphatic carbocycles.